The van der Waals surface area contributed by atoms with Crippen molar-refractivity contribution in [1.29, 1.82) is 0 Å². The first-order valence-electron chi connectivity index (χ1n) is 6.41. The molecule has 0 atom stereocenters. The van der Waals surface area contributed by atoms with Gasteiger partial charge in [0.25, 0.3) is 5.91 Å². The molecule has 1 heterocycles. The third-order valence-corrected chi connectivity index (χ3v) is 4.30. The first kappa shape index (κ1) is 14.3. The molecule has 2 rings (SSSR count). The zero-order valence-electron chi connectivity index (χ0n) is 11.0. The van der Waals surface area contributed by atoms with Gasteiger partial charge >= 0.3 is 0 Å². The number of nitrogens with two attached hydrogens (primary N) is 1. The van der Waals surface area contributed by atoms with Crippen LogP contribution in [0.3, 0.4) is 0 Å². The predicted molar refractivity (Wildman–Crippen MR) is 79.0 cm³/mol. The average Bonchev–Trinajstić information content (AvgIpc) is 2.40. The maximum Gasteiger partial charge on any atom is 0.252 e. The van der Waals surface area contributed by atoms with Gasteiger partial charge in [0.2, 0.25) is 0 Å². The number of halogens is 1. The molecule has 0 aliphatic carbocycles. The second-order valence-electron chi connectivity index (χ2n) is 5.34. The molecule has 4 nitrogen and oxygen atoms in total. The standard InChI is InChI=1S/C14H19BrN2O2/c1-14(4-6-19-7-5-14)9-17-13(18)11-8-10(16)2-3-12(11)15/h2-3,8H,4-7,9,16H2,1H3,(H,17,18). The van der Waals surface area contributed by atoms with Crippen LogP contribution in [-0.4, -0.2) is 25.7 Å². The summed E-state index contributed by atoms with van der Waals surface area (Å²) in [6, 6.07) is 5.24. The van der Waals surface area contributed by atoms with Crippen LogP contribution in [0.2, 0.25) is 0 Å². The number of hydrogen-bond acceptors (Lipinski definition) is 3. The fourth-order valence-electron chi connectivity index (χ4n) is 2.15. The van der Waals surface area contributed by atoms with Gasteiger partial charge in [-0.05, 0) is 52.4 Å². The number of carbonyl (C=O) groups excluding carboxylic acids is 1. The lowest BCUT2D eigenvalue weighted by Crippen LogP contribution is -2.39. The molecule has 5 heteroatoms. The first-order valence-corrected chi connectivity index (χ1v) is 7.20. The Kier molecular flexibility index (Phi) is 4.47. The molecule has 0 saturated carbocycles. The third kappa shape index (κ3) is 3.70. The Labute approximate surface area is 121 Å². The van der Waals surface area contributed by atoms with Gasteiger partial charge in [0.05, 0.1) is 5.56 Å². The molecular weight excluding hydrogens is 308 g/mol. The summed E-state index contributed by atoms with van der Waals surface area (Å²) in [7, 11) is 0. The molecule has 0 radical (unpaired) electrons. The number of anilines is 1. The zero-order valence-corrected chi connectivity index (χ0v) is 12.6. The lowest BCUT2D eigenvalue weighted by molar-refractivity contribution is 0.0238. The van der Waals surface area contributed by atoms with Crippen molar-refractivity contribution in [3.63, 3.8) is 0 Å². The molecule has 1 fully saturated rings. The van der Waals surface area contributed by atoms with E-state index in [2.05, 4.69) is 28.2 Å². The van der Waals surface area contributed by atoms with Crippen LogP contribution in [-0.2, 0) is 4.74 Å². The molecular formula is C14H19BrN2O2. The van der Waals surface area contributed by atoms with E-state index in [1.807, 2.05) is 0 Å². The minimum Gasteiger partial charge on any atom is -0.399 e. The molecule has 1 aliphatic rings. The van der Waals surface area contributed by atoms with Crippen LogP contribution in [0.1, 0.15) is 30.1 Å². The number of carbonyl (C=O) groups is 1. The number of amides is 1. The Morgan fingerprint density at radius 3 is 2.84 bits per heavy atom. The SMILES string of the molecule is CC1(CNC(=O)c2cc(N)ccc2Br)CCOCC1. The molecule has 104 valence electrons. The van der Waals surface area contributed by atoms with Gasteiger partial charge in [0, 0.05) is 29.9 Å². The minimum absolute atomic E-state index is 0.0908. The van der Waals surface area contributed by atoms with Crippen molar-refractivity contribution < 1.29 is 9.53 Å². The van der Waals surface area contributed by atoms with Crippen molar-refractivity contribution in [2.45, 2.75) is 19.8 Å². The summed E-state index contributed by atoms with van der Waals surface area (Å²) in [6.07, 6.45) is 1.96. The van der Waals surface area contributed by atoms with E-state index in [1.54, 1.807) is 18.2 Å². The van der Waals surface area contributed by atoms with E-state index in [9.17, 15) is 4.79 Å². The second-order valence-corrected chi connectivity index (χ2v) is 6.20. The van der Waals surface area contributed by atoms with Crippen LogP contribution in [0.25, 0.3) is 0 Å². The van der Waals surface area contributed by atoms with E-state index in [0.717, 1.165) is 30.5 Å². The van der Waals surface area contributed by atoms with E-state index in [4.69, 9.17) is 10.5 Å². The number of benzene rings is 1. The highest BCUT2D eigenvalue weighted by atomic mass is 79.9. The van der Waals surface area contributed by atoms with Crippen molar-refractivity contribution in [3.05, 3.63) is 28.2 Å². The molecule has 1 aliphatic heterocycles. The van der Waals surface area contributed by atoms with E-state index >= 15 is 0 Å². The van der Waals surface area contributed by atoms with Gasteiger partial charge in [0.1, 0.15) is 0 Å². The number of rotatable bonds is 3. The Hall–Kier alpha value is -1.07. The van der Waals surface area contributed by atoms with Gasteiger partial charge < -0.3 is 15.8 Å². The van der Waals surface area contributed by atoms with Crippen molar-refractivity contribution in [2.75, 3.05) is 25.5 Å². The third-order valence-electron chi connectivity index (χ3n) is 3.61. The molecule has 1 aromatic rings. The Bertz CT molecular complexity index is 471. The van der Waals surface area contributed by atoms with Gasteiger partial charge in [-0.3, -0.25) is 4.79 Å². The quantitative estimate of drug-likeness (QED) is 0.839. The van der Waals surface area contributed by atoms with Gasteiger partial charge in [-0.2, -0.15) is 0 Å². The Morgan fingerprint density at radius 2 is 2.16 bits per heavy atom. The summed E-state index contributed by atoms with van der Waals surface area (Å²) in [5, 5.41) is 3.00. The molecule has 3 N–H and O–H groups in total. The Morgan fingerprint density at radius 1 is 1.47 bits per heavy atom. The van der Waals surface area contributed by atoms with Gasteiger partial charge in [-0.25, -0.2) is 0 Å². The number of ether oxygens (including phenoxy) is 1. The normalized spacial score (nSPS) is 18.0. The lowest BCUT2D eigenvalue weighted by Gasteiger charge is -2.33. The fourth-order valence-corrected chi connectivity index (χ4v) is 2.57. The highest BCUT2D eigenvalue weighted by Gasteiger charge is 2.28. The number of nitrogens with one attached hydrogen (secondary N) is 1. The van der Waals surface area contributed by atoms with Crippen molar-refractivity contribution in [2.24, 2.45) is 5.41 Å². The molecule has 1 amide bonds. The van der Waals surface area contributed by atoms with Crippen molar-refractivity contribution >= 4 is 27.5 Å². The van der Waals surface area contributed by atoms with E-state index in [0.29, 0.717) is 17.8 Å². The van der Waals surface area contributed by atoms with Gasteiger partial charge in [0.15, 0.2) is 0 Å². The summed E-state index contributed by atoms with van der Waals surface area (Å²) in [5.41, 5.74) is 7.01. The molecule has 0 aromatic heterocycles. The number of hydrogen-bond donors (Lipinski definition) is 2. The molecule has 19 heavy (non-hydrogen) atoms. The molecule has 0 unspecified atom stereocenters. The average molecular weight is 327 g/mol. The van der Waals surface area contributed by atoms with Crippen molar-refractivity contribution in [1.82, 2.24) is 5.32 Å². The largest absolute Gasteiger partial charge is 0.399 e. The summed E-state index contributed by atoms with van der Waals surface area (Å²) in [4.78, 5) is 12.2. The molecule has 0 spiro atoms. The minimum atomic E-state index is -0.0908. The second kappa shape index (κ2) is 5.92. The lowest BCUT2D eigenvalue weighted by atomic mass is 9.82. The monoisotopic (exact) mass is 326 g/mol. The van der Waals surface area contributed by atoms with E-state index < -0.39 is 0 Å². The molecule has 0 bridgehead atoms. The van der Waals surface area contributed by atoms with Crippen LogP contribution in [0.5, 0.6) is 0 Å². The summed E-state index contributed by atoms with van der Waals surface area (Å²) in [5.74, 6) is -0.0908. The highest BCUT2D eigenvalue weighted by Crippen LogP contribution is 2.29. The van der Waals surface area contributed by atoms with Crippen molar-refractivity contribution in [3.8, 4) is 0 Å². The number of nitrogen functional groups attached to an aromatic ring is 1. The fraction of sp³-hybridized carbons (Fsp3) is 0.500. The van der Waals surface area contributed by atoms with E-state index in [-0.39, 0.29) is 11.3 Å². The topological polar surface area (TPSA) is 64.4 Å². The van der Waals surface area contributed by atoms with Crippen LogP contribution >= 0.6 is 15.9 Å². The van der Waals surface area contributed by atoms with Crippen LogP contribution in [0.15, 0.2) is 22.7 Å². The van der Waals surface area contributed by atoms with Gasteiger partial charge in [-0.1, -0.05) is 6.92 Å². The summed E-state index contributed by atoms with van der Waals surface area (Å²) >= 11 is 3.37. The first-order chi connectivity index (χ1) is 9.00. The van der Waals surface area contributed by atoms with Gasteiger partial charge in [-0.15, -0.1) is 0 Å². The van der Waals surface area contributed by atoms with Crippen LogP contribution < -0.4 is 11.1 Å². The Balaban J connectivity index is 1.99. The summed E-state index contributed by atoms with van der Waals surface area (Å²) in [6.45, 7) is 4.39. The predicted octanol–water partition coefficient (Wildman–Crippen LogP) is 2.58. The summed E-state index contributed by atoms with van der Waals surface area (Å²) < 4.78 is 6.11. The zero-order chi connectivity index (χ0) is 13.9. The highest BCUT2D eigenvalue weighted by molar-refractivity contribution is 9.10. The molecule has 1 aromatic carbocycles. The maximum atomic E-state index is 12.2. The molecule has 1 saturated heterocycles. The van der Waals surface area contributed by atoms with Crippen LogP contribution in [0, 0.1) is 5.41 Å². The smallest absolute Gasteiger partial charge is 0.252 e. The maximum absolute atomic E-state index is 12.2. The van der Waals surface area contributed by atoms with E-state index in [1.165, 1.54) is 0 Å². The van der Waals surface area contributed by atoms with Crippen LogP contribution in [0.4, 0.5) is 5.69 Å².